The molecule has 0 aliphatic rings. The van der Waals surface area contributed by atoms with Gasteiger partial charge in [0, 0.05) is 6.42 Å². The summed E-state index contributed by atoms with van der Waals surface area (Å²) >= 11 is 0. The van der Waals surface area contributed by atoms with Gasteiger partial charge in [-0.05, 0) is 6.42 Å². The zero-order valence-electron chi connectivity index (χ0n) is 7.41. The molecule has 1 unspecified atom stereocenters. The van der Waals surface area contributed by atoms with Crippen LogP contribution < -0.4 is 41.0 Å². The Morgan fingerprint density at radius 2 is 2.00 bits per heavy atom. The molecule has 0 aromatic rings. The van der Waals surface area contributed by atoms with Crippen LogP contribution in [0.25, 0.3) is 0 Å². The van der Waals surface area contributed by atoms with Crippen LogP contribution in [0.5, 0.6) is 0 Å². The molecule has 0 aromatic heterocycles. The molecule has 5 nitrogen and oxygen atoms in total. The average molecular weight is 170 g/mol. The minimum absolute atomic E-state index is 0. The first-order valence-corrected chi connectivity index (χ1v) is 2.80. The second kappa shape index (κ2) is 6.60. The summed E-state index contributed by atoms with van der Waals surface area (Å²) < 4.78 is 0. The van der Waals surface area contributed by atoms with Crippen LogP contribution in [0.15, 0.2) is 0 Å². The van der Waals surface area contributed by atoms with Gasteiger partial charge in [0.25, 0.3) is 0 Å². The Labute approximate surface area is 87.9 Å². The van der Waals surface area contributed by atoms with Gasteiger partial charge in [0.05, 0.1) is 0 Å². The number of nitrogens with two attached hydrogens (primary N) is 2. The average Bonchev–Trinajstić information content (AvgIpc) is 1.82. The molecule has 60 valence electrons. The van der Waals surface area contributed by atoms with E-state index in [1.54, 1.807) is 0 Å². The van der Waals surface area contributed by atoms with E-state index >= 15 is 0 Å². The quantitative estimate of drug-likeness (QED) is 0.372. The minimum Gasteiger partial charge on any atom is -1.00 e. The van der Waals surface area contributed by atoms with Gasteiger partial charge in [-0.2, -0.15) is 0 Å². The number of hydrogen-bond donors (Lipinski definition) is 3. The van der Waals surface area contributed by atoms with Crippen LogP contribution in [0.4, 0.5) is 0 Å². The van der Waals surface area contributed by atoms with E-state index in [4.69, 9.17) is 16.6 Å². The summed E-state index contributed by atoms with van der Waals surface area (Å²) in [7, 11) is 0. The van der Waals surface area contributed by atoms with Crippen LogP contribution in [0.2, 0.25) is 0 Å². The van der Waals surface area contributed by atoms with E-state index in [-0.39, 0.29) is 43.8 Å². The summed E-state index contributed by atoms with van der Waals surface area (Å²) in [6, 6.07) is -0.979. The molecule has 0 spiro atoms. The number of amides is 1. The van der Waals surface area contributed by atoms with Crippen molar-refractivity contribution in [3.05, 3.63) is 0 Å². The number of hydrogen-bond acceptors (Lipinski definition) is 3. The molecule has 0 aliphatic carbocycles. The molecule has 0 bridgehead atoms. The molecule has 0 aliphatic heterocycles. The molecule has 1 atom stereocenters. The van der Waals surface area contributed by atoms with Crippen LogP contribution in [0.3, 0.4) is 0 Å². The molecule has 6 heteroatoms. The summed E-state index contributed by atoms with van der Waals surface area (Å²) in [5.74, 6) is -1.64. The maximum atomic E-state index is 10.1. The smallest absolute Gasteiger partial charge is 1.00 e. The van der Waals surface area contributed by atoms with E-state index in [9.17, 15) is 9.59 Å². The number of carbonyl (C=O) groups is 2. The number of aliphatic carboxylic acids is 1. The Bertz CT molecular complexity index is 156. The van der Waals surface area contributed by atoms with Crippen molar-refractivity contribution >= 4 is 11.9 Å². The number of carbonyl (C=O) groups excluding carboxylic acids is 1. The Kier molecular flexibility index (Phi) is 8.09. The van der Waals surface area contributed by atoms with Crippen molar-refractivity contribution < 1.29 is 45.7 Å². The summed E-state index contributed by atoms with van der Waals surface area (Å²) in [5, 5.41) is 8.22. The van der Waals surface area contributed by atoms with Gasteiger partial charge in [0.15, 0.2) is 0 Å². The van der Waals surface area contributed by atoms with Crippen molar-refractivity contribution in [3.8, 4) is 0 Å². The third kappa shape index (κ3) is 7.80. The standard InChI is InChI=1S/C5H10N2O3.Na.H/c6-3(5(9)10)1-2-4(7)8;;/h3H,1-2,6H2,(H2,7,8)(H,9,10);;/q;+1;-1. The number of rotatable bonds is 4. The van der Waals surface area contributed by atoms with Crippen molar-refractivity contribution in [2.45, 2.75) is 18.9 Å². The Morgan fingerprint density at radius 1 is 1.55 bits per heavy atom. The molecule has 1 amide bonds. The first-order chi connectivity index (χ1) is 4.54. The number of carboxylic acid groups (broad SMARTS) is 1. The summed E-state index contributed by atoms with van der Waals surface area (Å²) in [6.45, 7) is 0. The Balaban J connectivity index is -0.000000405. The van der Waals surface area contributed by atoms with Crippen LogP contribution in [-0.2, 0) is 9.59 Å². The summed E-state index contributed by atoms with van der Waals surface area (Å²) in [5.41, 5.74) is 9.81. The molecule has 0 saturated carbocycles. The third-order valence-electron chi connectivity index (χ3n) is 1.02. The fourth-order valence-corrected chi connectivity index (χ4v) is 0.421. The van der Waals surface area contributed by atoms with Crippen molar-refractivity contribution in [1.29, 1.82) is 0 Å². The first-order valence-electron chi connectivity index (χ1n) is 2.80. The Morgan fingerprint density at radius 3 is 2.27 bits per heavy atom. The molecule has 0 saturated heterocycles. The largest absolute Gasteiger partial charge is 1.00 e. The molecular weight excluding hydrogens is 159 g/mol. The van der Waals surface area contributed by atoms with Gasteiger partial charge >= 0.3 is 35.5 Å². The second-order valence-electron chi connectivity index (χ2n) is 1.95. The molecule has 0 rings (SSSR count). The first kappa shape index (κ1) is 13.5. The van der Waals surface area contributed by atoms with Gasteiger partial charge < -0.3 is 18.0 Å². The summed E-state index contributed by atoms with van der Waals surface area (Å²) in [4.78, 5) is 20.1. The predicted octanol–water partition coefficient (Wildman–Crippen LogP) is -4.22. The van der Waals surface area contributed by atoms with Crippen molar-refractivity contribution in [2.75, 3.05) is 0 Å². The van der Waals surface area contributed by atoms with Gasteiger partial charge in [-0.25, -0.2) is 0 Å². The Hall–Kier alpha value is -0.100. The molecule has 5 N–H and O–H groups in total. The van der Waals surface area contributed by atoms with Crippen LogP contribution >= 0.6 is 0 Å². The van der Waals surface area contributed by atoms with Crippen LogP contribution in [-0.4, -0.2) is 23.0 Å². The minimum atomic E-state index is -1.11. The van der Waals surface area contributed by atoms with Gasteiger partial charge in [-0.3, -0.25) is 9.59 Å². The van der Waals surface area contributed by atoms with Gasteiger partial charge in [-0.1, -0.05) is 0 Å². The van der Waals surface area contributed by atoms with E-state index in [2.05, 4.69) is 0 Å². The normalized spacial score (nSPS) is 11.4. The monoisotopic (exact) mass is 170 g/mol. The van der Waals surface area contributed by atoms with Crippen molar-refractivity contribution in [2.24, 2.45) is 11.5 Å². The van der Waals surface area contributed by atoms with E-state index in [0.717, 1.165) is 0 Å². The van der Waals surface area contributed by atoms with Crippen molar-refractivity contribution in [3.63, 3.8) is 0 Å². The fourth-order valence-electron chi connectivity index (χ4n) is 0.421. The molecular formula is C5H11N2NaO3. The summed E-state index contributed by atoms with van der Waals surface area (Å²) in [6.07, 6.45) is 0.123. The molecule has 11 heavy (non-hydrogen) atoms. The van der Waals surface area contributed by atoms with Gasteiger partial charge in [-0.15, -0.1) is 0 Å². The van der Waals surface area contributed by atoms with E-state index in [1.807, 2.05) is 0 Å². The van der Waals surface area contributed by atoms with Gasteiger partial charge in [0.2, 0.25) is 5.91 Å². The maximum Gasteiger partial charge on any atom is 1.00 e. The fraction of sp³-hybridized carbons (Fsp3) is 0.600. The van der Waals surface area contributed by atoms with E-state index in [1.165, 1.54) is 0 Å². The van der Waals surface area contributed by atoms with Gasteiger partial charge in [0.1, 0.15) is 6.04 Å². The molecule has 0 heterocycles. The molecule has 0 aromatic carbocycles. The molecule has 0 radical (unpaired) electrons. The van der Waals surface area contributed by atoms with Crippen LogP contribution in [0, 0.1) is 0 Å². The SMILES string of the molecule is NC(=O)CCC(N)C(=O)O.[H-].[Na+]. The zero-order chi connectivity index (χ0) is 8.15. The molecule has 0 fully saturated rings. The third-order valence-corrected chi connectivity index (χ3v) is 1.02. The van der Waals surface area contributed by atoms with Crippen molar-refractivity contribution in [1.82, 2.24) is 0 Å². The zero-order valence-corrected chi connectivity index (χ0v) is 8.41. The maximum absolute atomic E-state index is 10.1. The van der Waals surface area contributed by atoms with E-state index in [0.29, 0.717) is 0 Å². The topological polar surface area (TPSA) is 106 Å². The second-order valence-corrected chi connectivity index (χ2v) is 1.95. The van der Waals surface area contributed by atoms with Crippen LogP contribution in [0.1, 0.15) is 14.3 Å². The number of carboxylic acids is 1. The number of primary amides is 1. The predicted molar refractivity (Wildman–Crippen MR) is 35.2 cm³/mol. The van der Waals surface area contributed by atoms with E-state index < -0.39 is 17.9 Å².